The van der Waals surface area contributed by atoms with Crippen molar-refractivity contribution in [3.05, 3.63) is 82.7 Å². The van der Waals surface area contributed by atoms with E-state index in [1.807, 2.05) is 37.3 Å². The van der Waals surface area contributed by atoms with Crippen LogP contribution in [0.25, 0.3) is 0 Å². The number of aromatic nitrogens is 1. The molecule has 1 aromatic heterocycles. The summed E-state index contributed by atoms with van der Waals surface area (Å²) in [5.74, 6) is 0.707. The van der Waals surface area contributed by atoms with Gasteiger partial charge in [0.1, 0.15) is 36.0 Å². The Morgan fingerprint density at radius 2 is 1.88 bits per heavy atom. The average molecular weight is 337 g/mol. The minimum Gasteiger partial charge on any atom is -0.488 e. The summed E-state index contributed by atoms with van der Waals surface area (Å²) in [4.78, 5) is 12.4. The zero-order chi connectivity index (χ0) is 17.6. The largest absolute Gasteiger partial charge is 0.488 e. The van der Waals surface area contributed by atoms with Crippen LogP contribution in [0.1, 0.15) is 32.9 Å². The van der Waals surface area contributed by atoms with E-state index in [-0.39, 0.29) is 6.61 Å². The zero-order valence-corrected chi connectivity index (χ0v) is 14.2. The third-order valence-electron chi connectivity index (χ3n) is 3.61. The van der Waals surface area contributed by atoms with Gasteiger partial charge in [-0.3, -0.25) is 0 Å². The molecule has 0 bridgehead atoms. The summed E-state index contributed by atoms with van der Waals surface area (Å²) in [6.07, 6.45) is 0. The summed E-state index contributed by atoms with van der Waals surface area (Å²) in [7, 11) is 0. The molecule has 0 aliphatic heterocycles. The molecule has 0 fully saturated rings. The van der Waals surface area contributed by atoms with E-state index < -0.39 is 5.97 Å². The van der Waals surface area contributed by atoms with Crippen molar-refractivity contribution >= 4 is 5.97 Å². The number of ether oxygens (including phenoxy) is 2. The molecule has 5 heteroatoms. The van der Waals surface area contributed by atoms with Crippen LogP contribution in [0, 0.1) is 13.8 Å². The van der Waals surface area contributed by atoms with Gasteiger partial charge < -0.3 is 14.0 Å². The maximum absolute atomic E-state index is 12.4. The van der Waals surface area contributed by atoms with Crippen LogP contribution < -0.4 is 4.74 Å². The van der Waals surface area contributed by atoms with Crippen molar-refractivity contribution in [2.75, 3.05) is 0 Å². The van der Waals surface area contributed by atoms with Crippen LogP contribution in [0.5, 0.6) is 5.75 Å². The second-order valence-corrected chi connectivity index (χ2v) is 5.78. The maximum Gasteiger partial charge on any atom is 0.342 e. The van der Waals surface area contributed by atoms with E-state index in [2.05, 4.69) is 5.16 Å². The minimum absolute atomic E-state index is 0.0579. The van der Waals surface area contributed by atoms with Gasteiger partial charge in [0.15, 0.2) is 0 Å². The molecule has 0 unspecified atom stereocenters. The number of aryl methyl sites for hydroxylation is 2. The van der Waals surface area contributed by atoms with Gasteiger partial charge in [-0.1, -0.05) is 47.1 Å². The smallest absolute Gasteiger partial charge is 0.342 e. The second kappa shape index (κ2) is 7.66. The van der Waals surface area contributed by atoms with Crippen molar-refractivity contribution in [2.45, 2.75) is 27.1 Å². The molecule has 3 rings (SSSR count). The van der Waals surface area contributed by atoms with Gasteiger partial charge in [-0.2, -0.15) is 0 Å². The predicted octanol–water partition coefficient (Wildman–Crippen LogP) is 4.23. The van der Waals surface area contributed by atoms with E-state index >= 15 is 0 Å². The number of nitrogens with zero attached hydrogens (tertiary/aromatic N) is 1. The fraction of sp³-hybridized carbons (Fsp3) is 0.200. The Morgan fingerprint density at radius 1 is 1.04 bits per heavy atom. The number of para-hydroxylation sites is 1. The summed E-state index contributed by atoms with van der Waals surface area (Å²) in [5, 5.41) is 3.80. The first-order valence-electron chi connectivity index (χ1n) is 7.98. The lowest BCUT2D eigenvalue weighted by atomic mass is 10.1. The fourth-order valence-electron chi connectivity index (χ4n) is 2.43. The van der Waals surface area contributed by atoms with Gasteiger partial charge in [0.05, 0.1) is 0 Å². The molecule has 0 amide bonds. The molecule has 3 aromatic rings. The van der Waals surface area contributed by atoms with Gasteiger partial charge >= 0.3 is 5.97 Å². The van der Waals surface area contributed by atoms with Gasteiger partial charge in [0, 0.05) is 6.07 Å². The first-order valence-corrected chi connectivity index (χ1v) is 7.98. The molecule has 2 aromatic carbocycles. The lowest BCUT2D eigenvalue weighted by Gasteiger charge is -2.11. The maximum atomic E-state index is 12.4. The molecular formula is C20H19NO4. The number of hydrogen-bond donors (Lipinski definition) is 0. The molecule has 25 heavy (non-hydrogen) atoms. The molecule has 0 saturated carbocycles. The van der Waals surface area contributed by atoms with Crippen molar-refractivity contribution in [3.8, 4) is 5.75 Å². The normalized spacial score (nSPS) is 10.5. The first-order chi connectivity index (χ1) is 12.1. The third kappa shape index (κ3) is 4.47. The Morgan fingerprint density at radius 3 is 2.64 bits per heavy atom. The number of esters is 1. The van der Waals surface area contributed by atoms with E-state index in [1.54, 1.807) is 31.2 Å². The first kappa shape index (κ1) is 16.8. The van der Waals surface area contributed by atoms with Crippen molar-refractivity contribution < 1.29 is 18.8 Å². The molecule has 128 valence electrons. The molecule has 0 spiro atoms. The molecule has 0 saturated heterocycles. The fourth-order valence-corrected chi connectivity index (χ4v) is 2.43. The van der Waals surface area contributed by atoms with Crippen LogP contribution in [0.4, 0.5) is 0 Å². The SMILES string of the molecule is Cc1cccc(COc2ccccc2C(=O)OCc2cc(C)on2)c1. The van der Waals surface area contributed by atoms with E-state index in [0.29, 0.717) is 29.4 Å². The molecule has 0 atom stereocenters. The minimum atomic E-state index is -0.458. The van der Waals surface area contributed by atoms with Gasteiger partial charge in [-0.25, -0.2) is 4.79 Å². The highest BCUT2D eigenvalue weighted by atomic mass is 16.5. The number of carbonyl (C=O) groups is 1. The third-order valence-corrected chi connectivity index (χ3v) is 3.61. The second-order valence-electron chi connectivity index (χ2n) is 5.78. The molecule has 1 heterocycles. The summed E-state index contributed by atoms with van der Waals surface area (Å²) in [6.45, 7) is 4.25. The molecule has 5 nitrogen and oxygen atoms in total. The van der Waals surface area contributed by atoms with Crippen molar-refractivity contribution in [3.63, 3.8) is 0 Å². The van der Waals surface area contributed by atoms with E-state index in [1.165, 1.54) is 0 Å². The monoisotopic (exact) mass is 337 g/mol. The Bertz CT molecular complexity index is 869. The van der Waals surface area contributed by atoms with Crippen LogP contribution in [-0.4, -0.2) is 11.1 Å². The quantitative estimate of drug-likeness (QED) is 0.630. The standard InChI is InChI=1S/C20H19NO4/c1-14-6-5-7-16(10-14)12-23-19-9-4-3-8-18(19)20(22)24-13-17-11-15(2)25-21-17/h3-11H,12-13H2,1-2H3. The van der Waals surface area contributed by atoms with Crippen molar-refractivity contribution in [2.24, 2.45) is 0 Å². The van der Waals surface area contributed by atoms with Gasteiger partial charge in [0.25, 0.3) is 0 Å². The lowest BCUT2D eigenvalue weighted by Crippen LogP contribution is -2.08. The highest BCUT2D eigenvalue weighted by Gasteiger charge is 2.15. The summed E-state index contributed by atoms with van der Waals surface area (Å²) in [5.41, 5.74) is 3.16. The zero-order valence-electron chi connectivity index (χ0n) is 14.2. The average Bonchev–Trinajstić information content (AvgIpc) is 3.03. The molecule has 0 radical (unpaired) electrons. The van der Waals surface area contributed by atoms with Crippen LogP contribution in [-0.2, 0) is 18.0 Å². The Balaban J connectivity index is 1.66. The van der Waals surface area contributed by atoms with E-state index in [9.17, 15) is 4.79 Å². The van der Waals surface area contributed by atoms with Crippen molar-refractivity contribution in [1.29, 1.82) is 0 Å². The van der Waals surface area contributed by atoms with Crippen LogP contribution in [0.15, 0.2) is 59.1 Å². The molecular weight excluding hydrogens is 318 g/mol. The Hall–Kier alpha value is -3.08. The number of benzene rings is 2. The summed E-state index contributed by atoms with van der Waals surface area (Å²) < 4.78 is 16.1. The molecule has 0 aliphatic carbocycles. The highest BCUT2D eigenvalue weighted by molar-refractivity contribution is 5.92. The highest BCUT2D eigenvalue weighted by Crippen LogP contribution is 2.21. The van der Waals surface area contributed by atoms with Crippen LogP contribution >= 0.6 is 0 Å². The van der Waals surface area contributed by atoms with E-state index in [4.69, 9.17) is 14.0 Å². The van der Waals surface area contributed by atoms with Gasteiger partial charge in [-0.15, -0.1) is 0 Å². The Kier molecular flexibility index (Phi) is 5.14. The topological polar surface area (TPSA) is 61.6 Å². The van der Waals surface area contributed by atoms with E-state index in [0.717, 1.165) is 11.1 Å². The summed E-state index contributed by atoms with van der Waals surface area (Å²) in [6, 6.07) is 16.8. The van der Waals surface area contributed by atoms with Gasteiger partial charge in [0.2, 0.25) is 0 Å². The van der Waals surface area contributed by atoms with Crippen LogP contribution in [0.3, 0.4) is 0 Å². The number of carbonyl (C=O) groups excluding carboxylic acids is 1. The number of rotatable bonds is 6. The predicted molar refractivity (Wildman–Crippen MR) is 92.3 cm³/mol. The number of hydrogen-bond acceptors (Lipinski definition) is 5. The molecule has 0 N–H and O–H groups in total. The molecule has 0 aliphatic rings. The lowest BCUT2D eigenvalue weighted by molar-refractivity contribution is 0.0459. The van der Waals surface area contributed by atoms with Crippen molar-refractivity contribution in [1.82, 2.24) is 5.16 Å². The summed E-state index contributed by atoms with van der Waals surface area (Å²) >= 11 is 0. The van der Waals surface area contributed by atoms with Crippen LogP contribution in [0.2, 0.25) is 0 Å². The van der Waals surface area contributed by atoms with Gasteiger partial charge in [-0.05, 0) is 31.5 Å². The Labute approximate surface area is 146 Å².